The fourth-order valence-corrected chi connectivity index (χ4v) is 2.68. The van der Waals surface area contributed by atoms with Crippen LogP contribution in [0.5, 0.6) is 17.2 Å². The molecule has 28 heavy (non-hydrogen) atoms. The van der Waals surface area contributed by atoms with Crippen molar-refractivity contribution in [1.29, 1.82) is 0 Å². The maximum Gasteiger partial charge on any atom is 0.175 e. The Bertz CT molecular complexity index is 792. The van der Waals surface area contributed by atoms with Crippen molar-refractivity contribution < 1.29 is 24.1 Å². The Morgan fingerprint density at radius 1 is 1.04 bits per heavy atom. The Balaban J connectivity index is 1.97. The molecule has 1 N–H and O–H groups in total. The molecular weight excluding hydrogens is 356 g/mol. The number of rotatable bonds is 9. The van der Waals surface area contributed by atoms with E-state index in [4.69, 9.17) is 14.2 Å². The molecule has 0 saturated carbocycles. The van der Waals surface area contributed by atoms with E-state index in [2.05, 4.69) is 0 Å². The van der Waals surface area contributed by atoms with Crippen molar-refractivity contribution in [2.45, 2.75) is 39.7 Å². The van der Waals surface area contributed by atoms with Gasteiger partial charge in [0.1, 0.15) is 12.4 Å². The summed E-state index contributed by atoms with van der Waals surface area (Å²) in [4.78, 5) is 12.0. The lowest BCUT2D eigenvalue weighted by molar-refractivity contribution is -0.128. The summed E-state index contributed by atoms with van der Waals surface area (Å²) in [6.45, 7) is 5.63. The molecule has 0 aliphatic carbocycles. The smallest absolute Gasteiger partial charge is 0.175 e. The number of benzene rings is 2. The molecule has 0 heterocycles. The standard InChI is InChI=1S/C23H30O5/c1-23(2,3)22(25)15-28-18-8-6-7-17(14-18)19(24)11-9-16-10-12-20(26-4)21(13-16)27-5/h6-8,10,12-14,19,24H,9,11,15H2,1-5H3/t19-/m1/s1. The van der Waals surface area contributed by atoms with Crippen LogP contribution in [0.3, 0.4) is 0 Å². The van der Waals surface area contributed by atoms with E-state index in [-0.39, 0.29) is 12.4 Å². The van der Waals surface area contributed by atoms with Gasteiger partial charge in [-0.15, -0.1) is 0 Å². The quantitative estimate of drug-likeness (QED) is 0.693. The third kappa shape index (κ3) is 5.99. The second-order valence-electron chi connectivity index (χ2n) is 7.78. The van der Waals surface area contributed by atoms with Crippen LogP contribution in [0.15, 0.2) is 42.5 Å². The Morgan fingerprint density at radius 2 is 1.75 bits per heavy atom. The zero-order chi connectivity index (χ0) is 20.7. The second-order valence-corrected chi connectivity index (χ2v) is 7.78. The molecule has 1 atom stereocenters. The first-order valence-corrected chi connectivity index (χ1v) is 9.39. The lowest BCUT2D eigenvalue weighted by Gasteiger charge is -2.17. The van der Waals surface area contributed by atoms with Gasteiger partial charge in [-0.05, 0) is 48.2 Å². The summed E-state index contributed by atoms with van der Waals surface area (Å²) in [5, 5.41) is 10.6. The summed E-state index contributed by atoms with van der Waals surface area (Å²) < 4.78 is 16.2. The van der Waals surface area contributed by atoms with Crippen LogP contribution in [0.1, 0.15) is 44.4 Å². The molecule has 0 saturated heterocycles. The van der Waals surface area contributed by atoms with E-state index < -0.39 is 11.5 Å². The van der Waals surface area contributed by atoms with Crippen LogP contribution in [0, 0.1) is 5.41 Å². The fourth-order valence-electron chi connectivity index (χ4n) is 2.68. The summed E-state index contributed by atoms with van der Waals surface area (Å²) in [5.41, 5.74) is 1.39. The number of methoxy groups -OCH3 is 2. The van der Waals surface area contributed by atoms with Crippen molar-refractivity contribution in [2.75, 3.05) is 20.8 Å². The first-order chi connectivity index (χ1) is 13.2. The lowest BCUT2D eigenvalue weighted by atomic mass is 9.91. The van der Waals surface area contributed by atoms with Crippen molar-refractivity contribution >= 4 is 5.78 Å². The second kappa shape index (κ2) is 9.60. The van der Waals surface area contributed by atoms with E-state index in [0.29, 0.717) is 30.1 Å². The predicted octanol–water partition coefficient (Wildman–Crippen LogP) is 4.36. The number of hydrogen-bond donors (Lipinski definition) is 1. The highest BCUT2D eigenvalue weighted by Crippen LogP contribution is 2.29. The molecule has 152 valence electrons. The molecular formula is C23H30O5. The van der Waals surface area contributed by atoms with Crippen LogP contribution in [0.25, 0.3) is 0 Å². The molecule has 0 aliphatic heterocycles. The Labute approximate surface area is 167 Å². The van der Waals surface area contributed by atoms with Gasteiger partial charge in [-0.25, -0.2) is 0 Å². The van der Waals surface area contributed by atoms with Gasteiger partial charge < -0.3 is 19.3 Å². The number of aryl methyl sites for hydroxylation is 1. The number of aliphatic hydroxyl groups excluding tert-OH is 1. The number of hydrogen-bond acceptors (Lipinski definition) is 5. The van der Waals surface area contributed by atoms with Gasteiger partial charge in [0.05, 0.1) is 20.3 Å². The van der Waals surface area contributed by atoms with Crippen molar-refractivity contribution in [2.24, 2.45) is 5.41 Å². The normalized spacial score (nSPS) is 12.4. The average molecular weight is 386 g/mol. The number of carbonyl (C=O) groups excluding carboxylic acids is 1. The van der Waals surface area contributed by atoms with Crippen molar-refractivity contribution in [1.82, 2.24) is 0 Å². The summed E-state index contributed by atoms with van der Waals surface area (Å²) in [5.74, 6) is 1.97. The highest BCUT2D eigenvalue weighted by molar-refractivity contribution is 5.85. The summed E-state index contributed by atoms with van der Waals surface area (Å²) in [6, 6.07) is 13.0. The third-order valence-corrected chi connectivity index (χ3v) is 4.60. The van der Waals surface area contributed by atoms with Crippen LogP contribution in [0.2, 0.25) is 0 Å². The minimum atomic E-state index is -0.630. The van der Waals surface area contributed by atoms with Crippen LogP contribution in [-0.4, -0.2) is 31.7 Å². The van der Waals surface area contributed by atoms with E-state index in [9.17, 15) is 9.90 Å². The summed E-state index contributed by atoms with van der Waals surface area (Å²) in [6.07, 6.45) is 0.615. The average Bonchev–Trinajstić information content (AvgIpc) is 2.69. The zero-order valence-electron chi connectivity index (χ0n) is 17.3. The topological polar surface area (TPSA) is 65.0 Å². The fraction of sp³-hybridized carbons (Fsp3) is 0.435. The van der Waals surface area contributed by atoms with Crippen molar-refractivity contribution in [3.8, 4) is 17.2 Å². The van der Waals surface area contributed by atoms with Crippen LogP contribution in [0.4, 0.5) is 0 Å². The molecule has 2 aromatic carbocycles. The number of aliphatic hydroxyl groups is 1. The maximum absolute atomic E-state index is 12.0. The molecule has 0 aromatic heterocycles. The summed E-state index contributed by atoms with van der Waals surface area (Å²) >= 11 is 0. The third-order valence-electron chi connectivity index (χ3n) is 4.60. The predicted molar refractivity (Wildman–Crippen MR) is 109 cm³/mol. The monoisotopic (exact) mass is 386 g/mol. The lowest BCUT2D eigenvalue weighted by Crippen LogP contribution is -2.26. The van der Waals surface area contributed by atoms with Gasteiger partial charge in [-0.3, -0.25) is 4.79 Å². The molecule has 2 rings (SSSR count). The molecule has 0 bridgehead atoms. The minimum absolute atomic E-state index is 0.0225. The van der Waals surface area contributed by atoms with Gasteiger partial charge in [0, 0.05) is 5.41 Å². The molecule has 0 fully saturated rings. The van der Waals surface area contributed by atoms with Crippen LogP contribution >= 0.6 is 0 Å². The van der Waals surface area contributed by atoms with E-state index in [1.54, 1.807) is 26.4 Å². The van der Waals surface area contributed by atoms with Crippen molar-refractivity contribution in [3.63, 3.8) is 0 Å². The zero-order valence-corrected chi connectivity index (χ0v) is 17.3. The molecule has 0 radical (unpaired) electrons. The van der Waals surface area contributed by atoms with Crippen LogP contribution in [-0.2, 0) is 11.2 Å². The number of ether oxygens (including phenoxy) is 3. The highest BCUT2D eigenvalue weighted by Gasteiger charge is 2.21. The van der Waals surface area contributed by atoms with Gasteiger partial charge in [0.15, 0.2) is 17.3 Å². The molecule has 0 amide bonds. The molecule has 0 spiro atoms. The van der Waals surface area contributed by atoms with E-state index in [1.165, 1.54) is 0 Å². The highest BCUT2D eigenvalue weighted by atomic mass is 16.5. The molecule has 5 nitrogen and oxygen atoms in total. The molecule has 2 aromatic rings. The number of Topliss-reactive ketones (excluding diaryl/α,β-unsaturated/α-hetero) is 1. The van der Waals surface area contributed by atoms with Crippen LogP contribution < -0.4 is 14.2 Å². The van der Waals surface area contributed by atoms with Gasteiger partial charge >= 0.3 is 0 Å². The molecule has 0 unspecified atom stereocenters. The van der Waals surface area contributed by atoms with Gasteiger partial charge in [-0.1, -0.05) is 39.0 Å². The molecule has 5 heteroatoms. The SMILES string of the molecule is COc1ccc(CC[C@@H](O)c2cccc(OCC(=O)C(C)(C)C)c2)cc1OC. The maximum atomic E-state index is 12.0. The van der Waals surface area contributed by atoms with Gasteiger partial charge in [-0.2, -0.15) is 0 Å². The van der Waals surface area contributed by atoms with Crippen molar-refractivity contribution in [3.05, 3.63) is 53.6 Å². The van der Waals surface area contributed by atoms with E-state index in [1.807, 2.05) is 51.1 Å². The largest absolute Gasteiger partial charge is 0.493 e. The van der Waals surface area contributed by atoms with Gasteiger partial charge in [0.2, 0.25) is 0 Å². The Kier molecular flexibility index (Phi) is 7.46. The minimum Gasteiger partial charge on any atom is -0.493 e. The summed E-state index contributed by atoms with van der Waals surface area (Å²) in [7, 11) is 3.21. The first-order valence-electron chi connectivity index (χ1n) is 9.39. The first kappa shape index (κ1) is 21.8. The van der Waals surface area contributed by atoms with Gasteiger partial charge in [0.25, 0.3) is 0 Å². The molecule has 0 aliphatic rings. The Morgan fingerprint density at radius 3 is 2.39 bits per heavy atom. The van der Waals surface area contributed by atoms with E-state index >= 15 is 0 Å². The number of ketones is 1. The van der Waals surface area contributed by atoms with E-state index in [0.717, 1.165) is 11.1 Å². The Hall–Kier alpha value is -2.53. The number of carbonyl (C=O) groups is 1.